The molecule has 0 unspecified atom stereocenters. The van der Waals surface area contributed by atoms with Gasteiger partial charge in [-0.3, -0.25) is 14.8 Å². The lowest BCUT2D eigenvalue weighted by Crippen LogP contribution is -2.29. The molecule has 1 aromatic carbocycles. The molecule has 0 fully saturated rings. The third kappa shape index (κ3) is 3.19. The molecule has 0 atom stereocenters. The van der Waals surface area contributed by atoms with Gasteiger partial charge in [0.1, 0.15) is 5.01 Å². The second kappa shape index (κ2) is 6.50. The number of hydrogen-bond acceptors (Lipinski definition) is 6. The van der Waals surface area contributed by atoms with Crippen LogP contribution in [0.2, 0.25) is 0 Å². The lowest BCUT2D eigenvalue weighted by molar-refractivity contribution is 0.102. The van der Waals surface area contributed by atoms with Gasteiger partial charge in [0.15, 0.2) is 0 Å². The molecule has 4 rings (SSSR count). The minimum Gasteiger partial charge on any atom is -0.320 e. The first-order chi connectivity index (χ1) is 11.8. The van der Waals surface area contributed by atoms with Crippen molar-refractivity contribution < 1.29 is 4.79 Å². The van der Waals surface area contributed by atoms with Gasteiger partial charge in [0.05, 0.1) is 12.7 Å². The summed E-state index contributed by atoms with van der Waals surface area (Å²) in [5.74, 6) is -0.222. The number of nitrogens with one attached hydrogen (secondary N) is 2. The Bertz CT molecular complexity index is 843. The molecule has 0 saturated carbocycles. The third-order valence-corrected chi connectivity index (χ3v) is 4.84. The van der Waals surface area contributed by atoms with E-state index < -0.39 is 0 Å². The van der Waals surface area contributed by atoms with Crippen molar-refractivity contribution in [2.75, 3.05) is 11.9 Å². The summed E-state index contributed by atoms with van der Waals surface area (Å²) in [6, 6.07) is 9.35. The van der Waals surface area contributed by atoms with Crippen molar-refractivity contribution in [3.05, 3.63) is 57.8 Å². The lowest BCUT2D eigenvalue weighted by atomic mass is 10.1. The number of carbonyl (C=O) groups is 1. The van der Waals surface area contributed by atoms with Gasteiger partial charge in [-0.05, 0) is 12.1 Å². The Morgan fingerprint density at radius 2 is 2.17 bits per heavy atom. The maximum absolute atomic E-state index is 12.2. The van der Waals surface area contributed by atoms with Crippen LogP contribution < -0.4 is 5.32 Å². The number of nitrogens with zero attached hydrogens (tertiary/aromatic N) is 4. The van der Waals surface area contributed by atoms with E-state index in [1.807, 2.05) is 36.5 Å². The molecular formula is C16H16N6OS. The van der Waals surface area contributed by atoms with Crippen LogP contribution in [0.4, 0.5) is 5.69 Å². The number of hydrogen-bond donors (Lipinski definition) is 2. The summed E-state index contributed by atoms with van der Waals surface area (Å²) in [5.41, 5.74) is 3.20. The molecule has 1 amide bonds. The van der Waals surface area contributed by atoms with Gasteiger partial charge in [-0.25, -0.2) is 0 Å². The maximum Gasteiger partial charge on any atom is 0.286 e. The van der Waals surface area contributed by atoms with Crippen LogP contribution in [0.1, 0.15) is 26.1 Å². The second-order valence-electron chi connectivity index (χ2n) is 5.66. The van der Waals surface area contributed by atoms with Crippen molar-refractivity contribution >= 4 is 22.9 Å². The molecule has 0 aliphatic carbocycles. The van der Waals surface area contributed by atoms with Gasteiger partial charge in [-0.1, -0.05) is 29.5 Å². The van der Waals surface area contributed by atoms with Crippen LogP contribution in [-0.4, -0.2) is 37.7 Å². The van der Waals surface area contributed by atoms with Crippen molar-refractivity contribution in [3.63, 3.8) is 0 Å². The zero-order valence-corrected chi connectivity index (χ0v) is 13.7. The summed E-state index contributed by atoms with van der Waals surface area (Å²) in [6.45, 7) is 2.48. The molecule has 122 valence electrons. The Morgan fingerprint density at radius 1 is 1.29 bits per heavy atom. The van der Waals surface area contributed by atoms with E-state index >= 15 is 0 Å². The Hall–Kier alpha value is -2.58. The molecule has 0 radical (unpaired) electrons. The minimum atomic E-state index is -0.222. The van der Waals surface area contributed by atoms with Crippen LogP contribution in [-0.2, 0) is 19.5 Å². The van der Waals surface area contributed by atoms with Gasteiger partial charge >= 0.3 is 0 Å². The first-order valence-corrected chi connectivity index (χ1v) is 8.52. The molecule has 2 N–H and O–H groups in total. The molecule has 0 spiro atoms. The number of rotatable bonds is 4. The Kier molecular flexibility index (Phi) is 4.06. The van der Waals surface area contributed by atoms with E-state index in [1.165, 1.54) is 22.6 Å². The van der Waals surface area contributed by atoms with Gasteiger partial charge in [0.2, 0.25) is 5.01 Å². The average molecular weight is 340 g/mol. The van der Waals surface area contributed by atoms with E-state index in [2.05, 4.69) is 30.6 Å². The zero-order valence-electron chi connectivity index (χ0n) is 12.9. The van der Waals surface area contributed by atoms with Crippen molar-refractivity contribution in [2.45, 2.75) is 19.5 Å². The average Bonchev–Trinajstić information content (AvgIpc) is 3.24. The molecule has 7 nitrogen and oxygen atoms in total. The summed E-state index contributed by atoms with van der Waals surface area (Å²) in [4.78, 5) is 14.5. The van der Waals surface area contributed by atoms with Crippen molar-refractivity contribution in [1.29, 1.82) is 0 Å². The van der Waals surface area contributed by atoms with Crippen LogP contribution in [0.3, 0.4) is 0 Å². The van der Waals surface area contributed by atoms with Gasteiger partial charge in [-0.2, -0.15) is 5.10 Å². The summed E-state index contributed by atoms with van der Waals surface area (Å²) >= 11 is 1.34. The Labute approximate surface area is 142 Å². The predicted octanol–water partition coefficient (Wildman–Crippen LogP) is 2.07. The number of amides is 1. The highest BCUT2D eigenvalue weighted by atomic mass is 32.1. The van der Waals surface area contributed by atoms with E-state index in [0.717, 1.165) is 30.2 Å². The predicted molar refractivity (Wildman–Crippen MR) is 90.7 cm³/mol. The van der Waals surface area contributed by atoms with Crippen molar-refractivity contribution in [2.24, 2.45) is 0 Å². The van der Waals surface area contributed by atoms with E-state index in [-0.39, 0.29) is 5.91 Å². The SMILES string of the molecule is O=C(Nc1ccccc1)c1nnc(CN2CCc3[nH]ncc3C2)s1. The number of aromatic amines is 1. The lowest BCUT2D eigenvalue weighted by Gasteiger charge is -2.24. The number of carbonyl (C=O) groups excluding carboxylic acids is 1. The van der Waals surface area contributed by atoms with Crippen LogP contribution in [0.25, 0.3) is 0 Å². The van der Waals surface area contributed by atoms with Crippen LogP contribution >= 0.6 is 11.3 Å². The van der Waals surface area contributed by atoms with E-state index in [1.54, 1.807) is 0 Å². The van der Waals surface area contributed by atoms with Crippen molar-refractivity contribution in [3.8, 4) is 0 Å². The summed E-state index contributed by atoms with van der Waals surface area (Å²) in [7, 11) is 0. The molecule has 3 aromatic rings. The summed E-state index contributed by atoms with van der Waals surface area (Å²) in [5, 5.41) is 19.4. The first-order valence-electron chi connectivity index (χ1n) is 7.70. The quantitative estimate of drug-likeness (QED) is 0.759. The van der Waals surface area contributed by atoms with Crippen LogP contribution in [0.15, 0.2) is 36.5 Å². The van der Waals surface area contributed by atoms with Crippen LogP contribution in [0, 0.1) is 0 Å². The largest absolute Gasteiger partial charge is 0.320 e. The molecule has 1 aliphatic heterocycles. The summed E-state index contributed by atoms with van der Waals surface area (Å²) in [6.07, 6.45) is 2.83. The normalized spacial score (nSPS) is 14.3. The molecule has 24 heavy (non-hydrogen) atoms. The molecule has 2 aromatic heterocycles. The third-order valence-electron chi connectivity index (χ3n) is 3.93. The summed E-state index contributed by atoms with van der Waals surface area (Å²) < 4.78 is 0. The zero-order chi connectivity index (χ0) is 16.4. The number of H-pyrrole nitrogens is 1. The van der Waals surface area contributed by atoms with Gasteiger partial charge in [-0.15, -0.1) is 10.2 Å². The number of anilines is 1. The van der Waals surface area contributed by atoms with E-state index in [4.69, 9.17) is 0 Å². The highest BCUT2D eigenvalue weighted by Gasteiger charge is 2.20. The second-order valence-corrected chi connectivity index (χ2v) is 6.72. The highest BCUT2D eigenvalue weighted by Crippen LogP contribution is 2.20. The van der Waals surface area contributed by atoms with Crippen LogP contribution in [0.5, 0.6) is 0 Å². The topological polar surface area (TPSA) is 86.8 Å². The monoisotopic (exact) mass is 340 g/mol. The molecule has 1 aliphatic rings. The van der Waals surface area contributed by atoms with E-state index in [0.29, 0.717) is 11.6 Å². The molecular weight excluding hydrogens is 324 g/mol. The standard InChI is InChI=1S/C16H16N6OS/c23-15(18-12-4-2-1-3-5-12)16-21-20-14(24-16)10-22-7-6-13-11(9-22)8-17-19-13/h1-5,8H,6-7,9-10H2,(H,17,19)(H,18,23). The van der Waals surface area contributed by atoms with Gasteiger partial charge in [0, 0.05) is 36.5 Å². The number of para-hydroxylation sites is 1. The fourth-order valence-corrected chi connectivity index (χ4v) is 3.50. The van der Waals surface area contributed by atoms with Crippen molar-refractivity contribution in [1.82, 2.24) is 25.3 Å². The van der Waals surface area contributed by atoms with Gasteiger partial charge < -0.3 is 5.32 Å². The Balaban J connectivity index is 1.39. The smallest absolute Gasteiger partial charge is 0.286 e. The van der Waals surface area contributed by atoms with Gasteiger partial charge in [0.25, 0.3) is 5.91 Å². The molecule has 8 heteroatoms. The van der Waals surface area contributed by atoms with E-state index in [9.17, 15) is 4.79 Å². The number of benzene rings is 1. The highest BCUT2D eigenvalue weighted by molar-refractivity contribution is 7.13. The first kappa shape index (κ1) is 15.0. The number of aromatic nitrogens is 4. The number of fused-ring (bicyclic) bond motifs is 1. The molecule has 0 bridgehead atoms. The molecule has 3 heterocycles. The fraction of sp³-hybridized carbons (Fsp3) is 0.250. The fourth-order valence-electron chi connectivity index (χ4n) is 2.72. The Morgan fingerprint density at radius 3 is 3.04 bits per heavy atom. The maximum atomic E-state index is 12.2. The molecule has 0 saturated heterocycles. The minimum absolute atomic E-state index is 0.222.